The largest absolute Gasteiger partial charge is 0.350 e. The maximum Gasteiger partial charge on any atom is 0.270 e. The number of hydrogen-bond donors (Lipinski definition) is 1. The number of aryl methyl sites for hydroxylation is 3. The summed E-state index contributed by atoms with van der Waals surface area (Å²) >= 11 is 0. The van der Waals surface area contributed by atoms with Crippen molar-refractivity contribution in [2.24, 2.45) is 7.05 Å². The van der Waals surface area contributed by atoms with E-state index in [0.717, 1.165) is 34.4 Å². The van der Waals surface area contributed by atoms with E-state index >= 15 is 0 Å². The summed E-state index contributed by atoms with van der Waals surface area (Å²) in [6.07, 6.45) is 4.73. The average Bonchev–Trinajstić information content (AvgIpc) is 3.20. The van der Waals surface area contributed by atoms with Gasteiger partial charge in [-0.05, 0) is 42.0 Å². The number of aromatic nitrogens is 3. The van der Waals surface area contributed by atoms with E-state index in [1.54, 1.807) is 0 Å². The van der Waals surface area contributed by atoms with Crippen molar-refractivity contribution < 1.29 is 4.79 Å². The minimum atomic E-state index is -0.0915. The van der Waals surface area contributed by atoms with Gasteiger partial charge in [0.05, 0.1) is 11.2 Å². The monoisotopic (exact) mass is 346 g/mol. The summed E-state index contributed by atoms with van der Waals surface area (Å²) in [7, 11) is 2.02. The number of imidazole rings is 1. The number of hydrogen-bond acceptors (Lipinski definition) is 2. The molecule has 5 heteroatoms. The SMILES string of the molecule is CCc1nc2ccc(C)cn2c1C(=O)NCc1cccc2ccn(C)c12. The lowest BCUT2D eigenvalue weighted by Gasteiger charge is -2.09. The molecule has 0 aliphatic rings. The van der Waals surface area contributed by atoms with Crippen molar-refractivity contribution in [3.63, 3.8) is 0 Å². The highest BCUT2D eigenvalue weighted by Crippen LogP contribution is 2.20. The molecule has 4 aromatic rings. The van der Waals surface area contributed by atoms with Gasteiger partial charge in [0.25, 0.3) is 5.91 Å². The van der Waals surface area contributed by atoms with Crippen molar-refractivity contribution in [2.45, 2.75) is 26.8 Å². The van der Waals surface area contributed by atoms with Crippen molar-refractivity contribution >= 4 is 22.5 Å². The molecule has 1 aromatic carbocycles. The Bertz CT molecular complexity index is 1120. The molecule has 1 N–H and O–H groups in total. The summed E-state index contributed by atoms with van der Waals surface area (Å²) < 4.78 is 3.98. The molecule has 0 aliphatic heterocycles. The zero-order chi connectivity index (χ0) is 18.3. The van der Waals surface area contributed by atoms with Crippen LogP contribution in [0.2, 0.25) is 0 Å². The number of para-hydroxylation sites is 1. The van der Waals surface area contributed by atoms with E-state index in [2.05, 4.69) is 33.1 Å². The normalized spacial score (nSPS) is 11.3. The molecule has 0 spiro atoms. The van der Waals surface area contributed by atoms with Crippen LogP contribution in [0.25, 0.3) is 16.6 Å². The predicted molar refractivity (Wildman–Crippen MR) is 103 cm³/mol. The predicted octanol–water partition coefficient (Wildman–Crippen LogP) is 3.63. The van der Waals surface area contributed by atoms with Crippen LogP contribution in [0.4, 0.5) is 0 Å². The van der Waals surface area contributed by atoms with E-state index in [1.807, 2.05) is 55.9 Å². The molecule has 0 aliphatic carbocycles. The lowest BCUT2D eigenvalue weighted by molar-refractivity contribution is 0.0944. The summed E-state index contributed by atoms with van der Waals surface area (Å²) in [4.78, 5) is 17.6. The molecule has 0 unspecified atom stereocenters. The van der Waals surface area contributed by atoms with Crippen LogP contribution in [-0.4, -0.2) is 19.9 Å². The Balaban J connectivity index is 1.67. The summed E-state index contributed by atoms with van der Waals surface area (Å²) in [5, 5.41) is 4.26. The summed E-state index contributed by atoms with van der Waals surface area (Å²) in [6.45, 7) is 4.52. The van der Waals surface area contributed by atoms with E-state index in [1.165, 1.54) is 5.39 Å². The zero-order valence-electron chi connectivity index (χ0n) is 15.3. The maximum absolute atomic E-state index is 13.0. The summed E-state index contributed by atoms with van der Waals surface area (Å²) in [5.41, 5.74) is 5.61. The Morgan fingerprint density at radius 3 is 2.85 bits per heavy atom. The molecule has 0 atom stereocenters. The van der Waals surface area contributed by atoms with E-state index in [4.69, 9.17) is 0 Å². The highest BCUT2D eigenvalue weighted by atomic mass is 16.1. The second-order valence-corrected chi connectivity index (χ2v) is 6.66. The van der Waals surface area contributed by atoms with Gasteiger partial charge < -0.3 is 9.88 Å². The van der Waals surface area contributed by atoms with Gasteiger partial charge in [-0.2, -0.15) is 0 Å². The Labute approximate surface area is 152 Å². The van der Waals surface area contributed by atoms with E-state index < -0.39 is 0 Å². The van der Waals surface area contributed by atoms with Crippen LogP contribution < -0.4 is 5.32 Å². The van der Waals surface area contributed by atoms with Gasteiger partial charge in [-0.15, -0.1) is 0 Å². The number of rotatable bonds is 4. The number of carbonyl (C=O) groups excluding carboxylic acids is 1. The number of amides is 1. The molecule has 0 radical (unpaired) electrons. The second kappa shape index (κ2) is 6.33. The van der Waals surface area contributed by atoms with Crippen LogP contribution in [0.15, 0.2) is 48.8 Å². The van der Waals surface area contributed by atoms with Gasteiger partial charge in [0.2, 0.25) is 0 Å². The summed E-state index contributed by atoms with van der Waals surface area (Å²) in [6, 6.07) is 12.2. The lowest BCUT2D eigenvalue weighted by Crippen LogP contribution is -2.25. The Kier molecular flexibility index (Phi) is 3.99. The first-order chi connectivity index (χ1) is 12.6. The molecule has 132 valence electrons. The Morgan fingerprint density at radius 2 is 2.04 bits per heavy atom. The topological polar surface area (TPSA) is 51.3 Å². The standard InChI is InChI=1S/C21H22N4O/c1-4-17-20(25-13-14(2)8-9-18(25)23-17)21(26)22-12-16-7-5-6-15-10-11-24(3)19(15)16/h5-11,13H,4,12H2,1-3H3,(H,22,26). The molecule has 3 aromatic heterocycles. The van der Waals surface area contributed by atoms with Crippen molar-refractivity contribution in [1.82, 2.24) is 19.3 Å². The van der Waals surface area contributed by atoms with Crippen LogP contribution in [0.3, 0.4) is 0 Å². The average molecular weight is 346 g/mol. The smallest absolute Gasteiger partial charge is 0.270 e. The third-order valence-electron chi connectivity index (χ3n) is 4.81. The molecule has 0 saturated carbocycles. The molecule has 26 heavy (non-hydrogen) atoms. The first kappa shape index (κ1) is 16.4. The molecular formula is C21H22N4O. The molecule has 1 amide bonds. The fraction of sp³-hybridized carbons (Fsp3) is 0.238. The van der Waals surface area contributed by atoms with Crippen LogP contribution in [0, 0.1) is 6.92 Å². The van der Waals surface area contributed by atoms with E-state index in [0.29, 0.717) is 12.2 Å². The van der Waals surface area contributed by atoms with Gasteiger partial charge in [-0.3, -0.25) is 9.20 Å². The summed E-state index contributed by atoms with van der Waals surface area (Å²) in [5.74, 6) is -0.0915. The lowest BCUT2D eigenvalue weighted by atomic mass is 10.1. The number of benzene rings is 1. The fourth-order valence-electron chi connectivity index (χ4n) is 3.53. The zero-order valence-corrected chi connectivity index (χ0v) is 15.3. The van der Waals surface area contributed by atoms with E-state index in [-0.39, 0.29) is 5.91 Å². The van der Waals surface area contributed by atoms with Crippen LogP contribution in [0.5, 0.6) is 0 Å². The molecular weight excluding hydrogens is 324 g/mol. The number of fused-ring (bicyclic) bond motifs is 2. The van der Waals surface area contributed by atoms with Crippen LogP contribution >= 0.6 is 0 Å². The molecule has 0 fully saturated rings. The van der Waals surface area contributed by atoms with Gasteiger partial charge >= 0.3 is 0 Å². The van der Waals surface area contributed by atoms with Crippen molar-refractivity contribution in [1.29, 1.82) is 0 Å². The fourth-order valence-corrected chi connectivity index (χ4v) is 3.53. The quantitative estimate of drug-likeness (QED) is 0.613. The third kappa shape index (κ3) is 2.65. The highest BCUT2D eigenvalue weighted by molar-refractivity contribution is 5.95. The molecule has 5 nitrogen and oxygen atoms in total. The molecule has 3 heterocycles. The maximum atomic E-state index is 13.0. The van der Waals surface area contributed by atoms with Crippen molar-refractivity contribution in [2.75, 3.05) is 0 Å². The van der Waals surface area contributed by atoms with E-state index in [9.17, 15) is 4.79 Å². The minimum absolute atomic E-state index is 0.0915. The van der Waals surface area contributed by atoms with Crippen LogP contribution in [-0.2, 0) is 20.0 Å². The number of nitrogens with one attached hydrogen (secondary N) is 1. The van der Waals surface area contributed by atoms with Crippen LogP contribution in [0.1, 0.15) is 34.2 Å². The Hall–Kier alpha value is -3.08. The first-order valence-corrected chi connectivity index (χ1v) is 8.87. The van der Waals surface area contributed by atoms with Gasteiger partial charge in [-0.1, -0.05) is 31.2 Å². The number of pyridine rings is 1. The van der Waals surface area contributed by atoms with Gasteiger partial charge in [-0.25, -0.2) is 4.98 Å². The first-order valence-electron chi connectivity index (χ1n) is 8.87. The third-order valence-corrected chi connectivity index (χ3v) is 4.81. The van der Waals surface area contributed by atoms with Crippen molar-refractivity contribution in [3.8, 4) is 0 Å². The molecule has 0 saturated heterocycles. The molecule has 0 bridgehead atoms. The highest BCUT2D eigenvalue weighted by Gasteiger charge is 2.18. The minimum Gasteiger partial charge on any atom is -0.350 e. The van der Waals surface area contributed by atoms with Gasteiger partial charge in [0.15, 0.2) is 0 Å². The van der Waals surface area contributed by atoms with Gasteiger partial charge in [0.1, 0.15) is 11.3 Å². The van der Waals surface area contributed by atoms with Crippen molar-refractivity contribution in [3.05, 3.63) is 71.3 Å². The molecule has 4 rings (SSSR count). The second-order valence-electron chi connectivity index (χ2n) is 6.66. The van der Waals surface area contributed by atoms with Gasteiger partial charge in [0, 0.05) is 26.0 Å². The number of carbonyl (C=O) groups is 1. The number of nitrogens with zero attached hydrogens (tertiary/aromatic N) is 3. The Morgan fingerprint density at radius 1 is 1.19 bits per heavy atom.